The molecule has 1 aromatic heterocycles. The zero-order chi connectivity index (χ0) is 21.8. The van der Waals surface area contributed by atoms with Gasteiger partial charge in [-0.15, -0.1) is 0 Å². The van der Waals surface area contributed by atoms with Crippen molar-refractivity contribution in [2.75, 3.05) is 19.7 Å². The third kappa shape index (κ3) is 4.43. The molecule has 5 nitrogen and oxygen atoms in total. The number of hydrogen-bond acceptors (Lipinski definition) is 4. The van der Waals surface area contributed by atoms with Crippen LogP contribution < -0.4 is 0 Å². The summed E-state index contributed by atoms with van der Waals surface area (Å²) in [5.41, 5.74) is 1.32. The van der Waals surface area contributed by atoms with E-state index in [9.17, 15) is 14.0 Å². The second-order valence-corrected chi connectivity index (χ2v) is 8.05. The number of ether oxygens (including phenoxy) is 1. The number of para-hydroxylation sites is 1. The van der Waals surface area contributed by atoms with Gasteiger partial charge in [0.15, 0.2) is 0 Å². The van der Waals surface area contributed by atoms with Crippen LogP contribution in [0, 0.1) is 11.2 Å². The number of aromatic nitrogens is 1. The highest BCUT2D eigenvalue weighted by Gasteiger charge is 2.45. The quantitative estimate of drug-likeness (QED) is 0.574. The summed E-state index contributed by atoms with van der Waals surface area (Å²) in [4.78, 5) is 32.4. The predicted octanol–water partition coefficient (Wildman–Crippen LogP) is 4.40. The van der Waals surface area contributed by atoms with Gasteiger partial charge in [0.05, 0.1) is 23.1 Å². The van der Waals surface area contributed by atoms with Gasteiger partial charge >= 0.3 is 5.97 Å². The summed E-state index contributed by atoms with van der Waals surface area (Å²) in [5, 5.41) is 0.897. The van der Waals surface area contributed by atoms with Crippen molar-refractivity contribution < 1.29 is 18.7 Å². The molecule has 1 atom stereocenters. The molecule has 2 aromatic carbocycles. The van der Waals surface area contributed by atoms with Crippen molar-refractivity contribution in [2.45, 2.75) is 26.2 Å². The molecule has 0 N–H and O–H groups in total. The van der Waals surface area contributed by atoms with Crippen LogP contribution >= 0.6 is 0 Å². The summed E-state index contributed by atoms with van der Waals surface area (Å²) < 4.78 is 18.8. The molecule has 0 radical (unpaired) electrons. The molecule has 4 rings (SSSR count). The average Bonchev–Trinajstić information content (AvgIpc) is 2.80. The minimum atomic E-state index is -0.855. The molecule has 0 aliphatic carbocycles. The molecule has 160 valence electrons. The molecule has 3 aromatic rings. The van der Waals surface area contributed by atoms with Crippen molar-refractivity contribution >= 4 is 22.8 Å². The monoisotopic (exact) mass is 420 g/mol. The number of piperidine rings is 1. The Balaban J connectivity index is 1.61. The lowest BCUT2D eigenvalue weighted by Crippen LogP contribution is -2.51. The normalized spacial score (nSPS) is 18.7. The van der Waals surface area contributed by atoms with Crippen molar-refractivity contribution in [3.8, 4) is 0 Å². The Morgan fingerprint density at radius 2 is 1.94 bits per heavy atom. The van der Waals surface area contributed by atoms with Crippen LogP contribution in [0.25, 0.3) is 10.9 Å². The number of halogens is 1. The average molecular weight is 420 g/mol. The largest absolute Gasteiger partial charge is 0.466 e. The molecular formula is C25H25FN2O3. The number of nitrogens with zero attached hydrogens (tertiary/aromatic N) is 2. The first-order chi connectivity index (χ1) is 15.0. The molecule has 0 saturated carbocycles. The van der Waals surface area contributed by atoms with Crippen molar-refractivity contribution in [2.24, 2.45) is 5.41 Å². The number of amides is 1. The second kappa shape index (κ2) is 8.84. The number of benzene rings is 2. The SMILES string of the molecule is CCOC(=O)C1(Cc2ccc(F)cc2)CCCN(C(=O)c2cnc3ccccc3c2)C1. The predicted molar refractivity (Wildman–Crippen MR) is 116 cm³/mol. The first-order valence-corrected chi connectivity index (χ1v) is 10.6. The van der Waals surface area contributed by atoms with E-state index < -0.39 is 5.41 Å². The molecule has 1 fully saturated rings. The highest BCUT2D eigenvalue weighted by Crippen LogP contribution is 2.36. The first kappa shape index (κ1) is 21.0. The van der Waals surface area contributed by atoms with Gasteiger partial charge in [0.25, 0.3) is 5.91 Å². The summed E-state index contributed by atoms with van der Waals surface area (Å²) in [6.07, 6.45) is 3.28. The van der Waals surface area contributed by atoms with Gasteiger partial charge in [-0.3, -0.25) is 14.6 Å². The van der Waals surface area contributed by atoms with E-state index in [0.29, 0.717) is 31.4 Å². The number of carbonyl (C=O) groups is 2. The Bertz CT molecular complexity index is 1100. The smallest absolute Gasteiger partial charge is 0.314 e. The minimum absolute atomic E-state index is 0.147. The topological polar surface area (TPSA) is 59.5 Å². The number of carbonyl (C=O) groups excluding carboxylic acids is 2. The zero-order valence-corrected chi connectivity index (χ0v) is 17.5. The third-order valence-corrected chi connectivity index (χ3v) is 5.87. The van der Waals surface area contributed by atoms with E-state index in [1.54, 1.807) is 30.2 Å². The van der Waals surface area contributed by atoms with Crippen LogP contribution in [0.3, 0.4) is 0 Å². The minimum Gasteiger partial charge on any atom is -0.466 e. The number of rotatable bonds is 5. The molecule has 31 heavy (non-hydrogen) atoms. The summed E-state index contributed by atoms with van der Waals surface area (Å²) in [6.45, 7) is 2.87. The van der Waals surface area contributed by atoms with Crippen molar-refractivity contribution in [3.05, 3.63) is 77.7 Å². The van der Waals surface area contributed by atoms with Gasteiger partial charge in [-0.05, 0) is 56.0 Å². The molecule has 1 saturated heterocycles. The fourth-order valence-corrected chi connectivity index (χ4v) is 4.34. The van der Waals surface area contributed by atoms with E-state index in [4.69, 9.17) is 4.74 Å². The molecule has 0 spiro atoms. The Morgan fingerprint density at radius 3 is 2.71 bits per heavy atom. The lowest BCUT2D eigenvalue weighted by atomic mass is 9.75. The first-order valence-electron chi connectivity index (χ1n) is 10.6. The number of fused-ring (bicyclic) bond motifs is 1. The highest BCUT2D eigenvalue weighted by molar-refractivity contribution is 5.97. The molecule has 0 bridgehead atoms. The molecule has 1 unspecified atom stereocenters. The molecule has 1 aliphatic heterocycles. The van der Waals surface area contributed by atoms with Gasteiger partial charge in [-0.1, -0.05) is 30.3 Å². The van der Waals surface area contributed by atoms with Gasteiger partial charge in [0.2, 0.25) is 0 Å². The fourth-order valence-electron chi connectivity index (χ4n) is 4.34. The molecule has 2 heterocycles. The lowest BCUT2D eigenvalue weighted by Gasteiger charge is -2.41. The maximum Gasteiger partial charge on any atom is 0.314 e. The summed E-state index contributed by atoms with van der Waals surface area (Å²) in [7, 11) is 0. The Hall–Kier alpha value is -3.28. The van der Waals surface area contributed by atoms with Gasteiger partial charge < -0.3 is 9.64 Å². The number of pyridine rings is 1. The zero-order valence-electron chi connectivity index (χ0n) is 17.5. The van der Waals surface area contributed by atoms with E-state index in [2.05, 4.69) is 4.98 Å². The number of hydrogen-bond donors (Lipinski definition) is 0. The van der Waals surface area contributed by atoms with E-state index in [0.717, 1.165) is 16.5 Å². The Labute approximate surface area is 180 Å². The maximum absolute atomic E-state index is 13.4. The lowest BCUT2D eigenvalue weighted by molar-refractivity contribution is -0.158. The Kier molecular flexibility index (Phi) is 5.98. The fraction of sp³-hybridized carbons (Fsp3) is 0.320. The van der Waals surface area contributed by atoms with E-state index in [1.165, 1.54) is 12.1 Å². The molecule has 6 heteroatoms. The van der Waals surface area contributed by atoms with Gasteiger partial charge in [-0.25, -0.2) is 4.39 Å². The summed E-state index contributed by atoms with van der Waals surface area (Å²) >= 11 is 0. The van der Waals surface area contributed by atoms with Gasteiger partial charge in [0.1, 0.15) is 5.82 Å². The highest BCUT2D eigenvalue weighted by atomic mass is 19.1. The van der Waals surface area contributed by atoms with Crippen LogP contribution in [0.15, 0.2) is 60.8 Å². The van der Waals surface area contributed by atoms with E-state index in [1.807, 2.05) is 30.3 Å². The summed E-state index contributed by atoms with van der Waals surface area (Å²) in [6, 6.07) is 15.6. The second-order valence-electron chi connectivity index (χ2n) is 8.05. The standard InChI is InChI=1S/C25H25FN2O3/c1-2-31-24(30)25(15-18-8-10-21(26)11-9-18)12-5-13-28(17-25)23(29)20-14-19-6-3-4-7-22(19)27-16-20/h3-4,6-11,14,16H,2,5,12-13,15,17H2,1H3. The van der Waals surface area contributed by atoms with E-state index >= 15 is 0 Å². The molecule has 1 amide bonds. The summed E-state index contributed by atoms with van der Waals surface area (Å²) in [5.74, 6) is -0.780. The Morgan fingerprint density at radius 1 is 1.16 bits per heavy atom. The van der Waals surface area contributed by atoms with Crippen molar-refractivity contribution in [1.82, 2.24) is 9.88 Å². The van der Waals surface area contributed by atoms with Crippen LogP contribution in [0.4, 0.5) is 4.39 Å². The van der Waals surface area contributed by atoms with E-state index in [-0.39, 0.29) is 30.8 Å². The van der Waals surface area contributed by atoms with Crippen LogP contribution in [0.5, 0.6) is 0 Å². The van der Waals surface area contributed by atoms with Crippen molar-refractivity contribution in [1.29, 1.82) is 0 Å². The maximum atomic E-state index is 13.4. The van der Waals surface area contributed by atoms with Gasteiger partial charge in [-0.2, -0.15) is 0 Å². The van der Waals surface area contributed by atoms with Crippen LogP contribution in [0.1, 0.15) is 35.7 Å². The number of likely N-dealkylation sites (tertiary alicyclic amines) is 1. The number of esters is 1. The molecule has 1 aliphatic rings. The van der Waals surface area contributed by atoms with Gasteiger partial charge in [0, 0.05) is 24.7 Å². The molecular weight excluding hydrogens is 395 g/mol. The van der Waals surface area contributed by atoms with Crippen molar-refractivity contribution in [3.63, 3.8) is 0 Å². The van der Waals surface area contributed by atoms with Crippen LogP contribution in [0.2, 0.25) is 0 Å². The third-order valence-electron chi connectivity index (χ3n) is 5.87. The van der Waals surface area contributed by atoms with Crippen LogP contribution in [-0.4, -0.2) is 41.5 Å². The van der Waals surface area contributed by atoms with Crippen LogP contribution in [-0.2, 0) is 16.0 Å².